The van der Waals surface area contributed by atoms with E-state index in [9.17, 15) is 13.2 Å². The van der Waals surface area contributed by atoms with E-state index in [-0.39, 0.29) is 18.0 Å². The number of ether oxygens (including phenoxy) is 1. The van der Waals surface area contributed by atoms with Crippen LogP contribution in [0.5, 0.6) is 0 Å². The number of nitrogens with zero attached hydrogens (tertiary/aromatic N) is 3. The lowest BCUT2D eigenvalue weighted by Crippen LogP contribution is -2.37. The van der Waals surface area contributed by atoms with Crippen LogP contribution in [-0.2, 0) is 19.7 Å². The fourth-order valence-electron chi connectivity index (χ4n) is 1.49. The van der Waals surface area contributed by atoms with Crippen molar-refractivity contribution >= 4 is 33.2 Å². The molecule has 9 heteroatoms. The highest BCUT2D eigenvalue weighted by molar-refractivity contribution is 7.88. The normalized spacial score (nSPS) is 16.9. The molecule has 2 heterocycles. The molecule has 7 nitrogen and oxygen atoms in total. The Kier molecular flexibility index (Phi) is 3.87. The summed E-state index contributed by atoms with van der Waals surface area (Å²) in [5, 5.41) is 2.06. The van der Waals surface area contributed by atoms with Crippen LogP contribution in [0.4, 0.5) is 0 Å². The highest BCUT2D eigenvalue weighted by atomic mass is 32.2. The first-order valence-corrected chi connectivity index (χ1v) is 7.53. The molecule has 0 radical (unpaired) electrons. The number of esters is 1. The van der Waals surface area contributed by atoms with Crippen molar-refractivity contribution in [3.8, 4) is 12.3 Å². The second-order valence-electron chi connectivity index (χ2n) is 3.52. The number of aromatic nitrogens is 1. The van der Waals surface area contributed by atoms with E-state index in [1.54, 1.807) is 5.38 Å². The molecule has 1 aliphatic rings. The van der Waals surface area contributed by atoms with Crippen molar-refractivity contribution in [3.05, 3.63) is 28.4 Å². The van der Waals surface area contributed by atoms with Gasteiger partial charge in [0.25, 0.3) is 0 Å². The van der Waals surface area contributed by atoms with Crippen molar-refractivity contribution in [1.82, 2.24) is 9.29 Å². The van der Waals surface area contributed by atoms with Gasteiger partial charge in [-0.05, 0) is 6.08 Å². The van der Waals surface area contributed by atoms with Gasteiger partial charge in [0.1, 0.15) is 16.4 Å². The van der Waals surface area contributed by atoms with Gasteiger partial charge in [0.2, 0.25) is 0 Å². The molecule has 20 heavy (non-hydrogen) atoms. The van der Waals surface area contributed by atoms with Gasteiger partial charge in [-0.1, -0.05) is 5.92 Å². The molecular formula is C11H9N3O4S2. The van der Waals surface area contributed by atoms with E-state index in [0.717, 1.165) is 11.4 Å². The Morgan fingerprint density at radius 1 is 1.60 bits per heavy atom. The number of terminal acetylenes is 1. The summed E-state index contributed by atoms with van der Waals surface area (Å²) in [6.07, 6.45) is 7.92. The average Bonchev–Trinajstić information content (AvgIpc) is 2.93. The minimum atomic E-state index is -4.09. The number of methoxy groups -OCH3 is 1. The minimum Gasteiger partial charge on any atom is -0.464 e. The zero-order valence-corrected chi connectivity index (χ0v) is 11.9. The molecule has 0 N–H and O–H groups in total. The molecule has 0 aliphatic carbocycles. The molecule has 104 valence electrons. The van der Waals surface area contributed by atoms with Crippen LogP contribution in [0.15, 0.2) is 27.7 Å². The Bertz CT molecular complexity index is 726. The van der Waals surface area contributed by atoms with E-state index in [2.05, 4.69) is 20.0 Å². The van der Waals surface area contributed by atoms with Crippen molar-refractivity contribution in [2.45, 2.75) is 0 Å². The second-order valence-corrected chi connectivity index (χ2v) is 5.94. The molecule has 0 amide bonds. The lowest BCUT2D eigenvalue weighted by atomic mass is 10.3. The van der Waals surface area contributed by atoms with Crippen LogP contribution in [0.3, 0.4) is 0 Å². The lowest BCUT2D eigenvalue weighted by molar-refractivity contribution is -0.137. The number of hydrogen-bond acceptors (Lipinski definition) is 6. The maximum Gasteiger partial charge on any atom is 0.355 e. The number of thiazole rings is 1. The van der Waals surface area contributed by atoms with Gasteiger partial charge in [0.15, 0.2) is 0 Å². The van der Waals surface area contributed by atoms with Crippen molar-refractivity contribution in [2.24, 2.45) is 4.40 Å². The van der Waals surface area contributed by atoms with Gasteiger partial charge in [0, 0.05) is 11.6 Å². The Morgan fingerprint density at radius 3 is 2.90 bits per heavy atom. The number of allylic oxidation sites excluding steroid dienone is 1. The summed E-state index contributed by atoms with van der Waals surface area (Å²) in [5.41, 5.74) is -0.112. The SMILES string of the molecule is C#CCN1C(C(=O)OC)=CC(c2nccs2)=NS1(=O)=O. The van der Waals surface area contributed by atoms with Gasteiger partial charge in [-0.2, -0.15) is 8.42 Å². The second kappa shape index (κ2) is 5.44. The molecular weight excluding hydrogens is 302 g/mol. The third-order valence-electron chi connectivity index (χ3n) is 2.32. The predicted molar refractivity (Wildman–Crippen MR) is 73.2 cm³/mol. The average molecular weight is 311 g/mol. The predicted octanol–water partition coefficient (Wildman–Crippen LogP) is 0.183. The third-order valence-corrected chi connectivity index (χ3v) is 4.42. The number of hydrogen-bond donors (Lipinski definition) is 0. The molecule has 0 saturated carbocycles. The first-order chi connectivity index (χ1) is 9.49. The third kappa shape index (κ3) is 2.56. The maximum atomic E-state index is 12.1. The summed E-state index contributed by atoms with van der Waals surface area (Å²) in [7, 11) is -2.94. The van der Waals surface area contributed by atoms with Gasteiger partial charge >= 0.3 is 16.2 Å². The quantitative estimate of drug-likeness (QED) is 0.587. The van der Waals surface area contributed by atoms with Crippen molar-refractivity contribution in [2.75, 3.05) is 13.7 Å². The zero-order valence-electron chi connectivity index (χ0n) is 10.3. The molecule has 2 rings (SSSR count). The molecule has 0 fully saturated rings. The highest BCUT2D eigenvalue weighted by Crippen LogP contribution is 2.22. The van der Waals surface area contributed by atoms with Crippen LogP contribution in [0.1, 0.15) is 5.01 Å². The fraction of sp³-hybridized carbons (Fsp3) is 0.182. The molecule has 0 bridgehead atoms. The van der Waals surface area contributed by atoms with Crippen LogP contribution in [0.2, 0.25) is 0 Å². The summed E-state index contributed by atoms with van der Waals surface area (Å²) >= 11 is 1.20. The van der Waals surface area contributed by atoms with E-state index < -0.39 is 16.2 Å². The number of rotatable bonds is 3. The zero-order chi connectivity index (χ0) is 14.8. The fourth-order valence-corrected chi connectivity index (χ4v) is 3.25. The Hall–Kier alpha value is -2.18. The molecule has 1 aromatic heterocycles. The van der Waals surface area contributed by atoms with Gasteiger partial charge in [-0.25, -0.2) is 14.1 Å². The van der Waals surface area contributed by atoms with Crippen LogP contribution < -0.4 is 0 Å². The summed E-state index contributed by atoms with van der Waals surface area (Å²) < 4.78 is 33.1. The molecule has 0 spiro atoms. The van der Waals surface area contributed by atoms with Crippen LogP contribution in [0.25, 0.3) is 0 Å². The maximum absolute atomic E-state index is 12.1. The number of carbonyl (C=O) groups excluding carboxylic acids is 1. The Labute approximate surface area is 119 Å². The summed E-state index contributed by atoms with van der Waals surface area (Å²) in [6, 6.07) is 0. The van der Waals surface area contributed by atoms with Gasteiger partial charge < -0.3 is 4.74 Å². The summed E-state index contributed by atoms with van der Waals surface area (Å²) in [5.74, 6) is 1.36. The van der Waals surface area contributed by atoms with Gasteiger partial charge in [0.05, 0.1) is 13.7 Å². The molecule has 0 aromatic carbocycles. The van der Waals surface area contributed by atoms with E-state index in [0.29, 0.717) is 5.01 Å². The van der Waals surface area contributed by atoms with E-state index in [4.69, 9.17) is 6.42 Å². The van der Waals surface area contributed by atoms with Gasteiger partial charge in [-0.3, -0.25) is 0 Å². The van der Waals surface area contributed by atoms with E-state index in [1.165, 1.54) is 23.6 Å². The lowest BCUT2D eigenvalue weighted by Gasteiger charge is -2.24. The van der Waals surface area contributed by atoms with Crippen molar-refractivity contribution in [3.63, 3.8) is 0 Å². The first-order valence-electron chi connectivity index (χ1n) is 5.25. The topological polar surface area (TPSA) is 88.9 Å². The Morgan fingerprint density at radius 2 is 2.35 bits per heavy atom. The van der Waals surface area contributed by atoms with Crippen LogP contribution >= 0.6 is 11.3 Å². The summed E-state index contributed by atoms with van der Waals surface area (Å²) in [4.78, 5) is 15.7. The highest BCUT2D eigenvalue weighted by Gasteiger charge is 2.33. The monoisotopic (exact) mass is 311 g/mol. The Balaban J connectivity index is 2.56. The molecule has 1 aliphatic heterocycles. The standard InChI is InChI=1S/C11H9N3O4S2/c1-3-5-14-9(11(15)18-2)7-8(13-20(14,16)17)10-12-4-6-19-10/h1,4,6-7H,5H2,2H3. The summed E-state index contributed by atoms with van der Waals surface area (Å²) in [6.45, 7) is -0.308. The van der Waals surface area contributed by atoms with E-state index in [1.807, 2.05) is 0 Å². The number of carbonyl (C=O) groups is 1. The van der Waals surface area contributed by atoms with Crippen LogP contribution in [0, 0.1) is 12.3 Å². The molecule has 0 atom stereocenters. The van der Waals surface area contributed by atoms with E-state index >= 15 is 0 Å². The molecule has 1 aromatic rings. The minimum absolute atomic E-state index is 0.0775. The molecule has 0 saturated heterocycles. The largest absolute Gasteiger partial charge is 0.464 e. The smallest absolute Gasteiger partial charge is 0.355 e. The van der Waals surface area contributed by atoms with Crippen molar-refractivity contribution in [1.29, 1.82) is 0 Å². The van der Waals surface area contributed by atoms with Gasteiger partial charge in [-0.15, -0.1) is 22.2 Å². The first kappa shape index (κ1) is 14.2. The van der Waals surface area contributed by atoms with Crippen LogP contribution in [-0.4, -0.2) is 43.0 Å². The van der Waals surface area contributed by atoms with Crippen molar-refractivity contribution < 1.29 is 17.9 Å². The molecule has 0 unspecified atom stereocenters.